The molecule has 10 heteroatoms. The molecule has 1 aromatic heterocycles. The maximum atomic E-state index is 13.0. The molecule has 1 aliphatic rings. The zero-order chi connectivity index (χ0) is 23.6. The van der Waals surface area contributed by atoms with E-state index >= 15 is 0 Å². The van der Waals surface area contributed by atoms with Gasteiger partial charge in [-0.3, -0.25) is 10.1 Å². The van der Waals surface area contributed by atoms with E-state index in [4.69, 9.17) is 5.73 Å². The number of hydrogen-bond donors (Lipinski definition) is 2. The van der Waals surface area contributed by atoms with Gasteiger partial charge in [0.05, 0.1) is 11.0 Å². The highest BCUT2D eigenvalue weighted by Gasteiger charge is 2.32. The predicted molar refractivity (Wildman–Crippen MR) is 130 cm³/mol. The monoisotopic (exact) mass is 470 g/mol. The quantitative estimate of drug-likeness (QED) is 0.515. The van der Waals surface area contributed by atoms with E-state index in [1.807, 2.05) is 53.1 Å². The van der Waals surface area contributed by atoms with Gasteiger partial charge in [0.25, 0.3) is 10.2 Å². The van der Waals surface area contributed by atoms with E-state index in [-0.39, 0.29) is 11.8 Å². The Balaban J connectivity index is 1.48. The summed E-state index contributed by atoms with van der Waals surface area (Å²) < 4.78 is 29.3. The summed E-state index contributed by atoms with van der Waals surface area (Å²) in [5.74, 6) is 0.117. The van der Waals surface area contributed by atoms with Gasteiger partial charge in [-0.2, -0.15) is 17.0 Å². The lowest BCUT2D eigenvalue weighted by Gasteiger charge is -2.32. The normalized spacial score (nSPS) is 15.8. The van der Waals surface area contributed by atoms with Crippen molar-refractivity contribution >= 4 is 38.8 Å². The Bertz CT molecular complexity index is 1250. The molecule has 2 aromatic carbocycles. The summed E-state index contributed by atoms with van der Waals surface area (Å²) in [6.45, 7) is 1.29. The number of hydrogen-bond acceptors (Lipinski definition) is 5. The van der Waals surface area contributed by atoms with Gasteiger partial charge in [-0.05, 0) is 49.1 Å². The molecule has 0 atom stereocenters. The Labute approximate surface area is 194 Å². The number of carbonyl (C=O) groups excluding carboxylic acids is 1. The first kappa shape index (κ1) is 23.2. The standard InChI is InChI=1S/C23H30N6O3S/c1-27(2)33(31,32)28-13-11-18(12-14-28)22(30)26-23-25-20-8-3-4-9-21(20)29(23)15-10-17-6-5-7-19(24)16-17/h3-9,16,18H,10-15,24H2,1-2H3,(H,25,26,30). The SMILES string of the molecule is CN(C)S(=O)(=O)N1CCC(C(=O)Nc2nc3ccccc3n2CCc2cccc(N)c2)CC1. The van der Waals surface area contributed by atoms with Gasteiger partial charge < -0.3 is 10.3 Å². The van der Waals surface area contributed by atoms with Crippen LogP contribution in [0.2, 0.25) is 0 Å². The average Bonchev–Trinajstić information content (AvgIpc) is 3.14. The summed E-state index contributed by atoms with van der Waals surface area (Å²) in [7, 11) is -0.427. The minimum absolute atomic E-state index is 0.127. The number of nitrogens with two attached hydrogens (primary N) is 1. The van der Waals surface area contributed by atoms with E-state index in [1.165, 1.54) is 22.7 Å². The van der Waals surface area contributed by atoms with Gasteiger partial charge in [0, 0.05) is 45.3 Å². The molecule has 4 rings (SSSR count). The van der Waals surface area contributed by atoms with Crippen molar-refractivity contribution in [2.75, 3.05) is 38.2 Å². The van der Waals surface area contributed by atoms with Gasteiger partial charge in [-0.15, -0.1) is 0 Å². The molecule has 0 saturated carbocycles. The third kappa shape index (κ3) is 5.02. The molecule has 1 amide bonds. The molecule has 9 nitrogen and oxygen atoms in total. The second-order valence-corrected chi connectivity index (χ2v) is 10.7. The molecule has 176 valence electrons. The lowest BCUT2D eigenvalue weighted by Crippen LogP contribution is -2.46. The van der Waals surface area contributed by atoms with Crippen LogP contribution in [0.15, 0.2) is 48.5 Å². The number of carbonyl (C=O) groups is 1. The molecule has 3 aromatic rings. The molecule has 0 unspecified atom stereocenters. The number of nitrogens with zero attached hydrogens (tertiary/aromatic N) is 4. The van der Waals surface area contributed by atoms with Crippen LogP contribution in [0.3, 0.4) is 0 Å². The number of imidazole rings is 1. The van der Waals surface area contributed by atoms with E-state index in [2.05, 4.69) is 10.3 Å². The van der Waals surface area contributed by atoms with Crippen LogP contribution in [-0.2, 0) is 28.0 Å². The first-order chi connectivity index (χ1) is 15.8. The largest absolute Gasteiger partial charge is 0.399 e. The van der Waals surface area contributed by atoms with Crippen molar-refractivity contribution in [1.82, 2.24) is 18.2 Å². The number of aryl methyl sites for hydroxylation is 2. The van der Waals surface area contributed by atoms with Crippen molar-refractivity contribution in [1.29, 1.82) is 0 Å². The van der Waals surface area contributed by atoms with Gasteiger partial charge in [0.2, 0.25) is 11.9 Å². The Hall–Kier alpha value is -2.95. The number of rotatable bonds is 7. The van der Waals surface area contributed by atoms with Gasteiger partial charge in [0.15, 0.2) is 0 Å². The number of nitrogens with one attached hydrogen (secondary N) is 1. The summed E-state index contributed by atoms with van der Waals surface area (Å²) in [6.07, 6.45) is 1.69. The molecular formula is C23H30N6O3S. The van der Waals surface area contributed by atoms with Gasteiger partial charge in [-0.25, -0.2) is 4.98 Å². The van der Waals surface area contributed by atoms with Crippen molar-refractivity contribution in [2.24, 2.45) is 5.92 Å². The lowest BCUT2D eigenvalue weighted by molar-refractivity contribution is -0.121. The van der Waals surface area contributed by atoms with Crippen LogP contribution in [0.4, 0.5) is 11.6 Å². The van der Waals surface area contributed by atoms with Gasteiger partial charge in [-0.1, -0.05) is 24.3 Å². The lowest BCUT2D eigenvalue weighted by atomic mass is 9.97. The molecule has 2 heterocycles. The van der Waals surface area contributed by atoms with Crippen LogP contribution in [0.25, 0.3) is 11.0 Å². The van der Waals surface area contributed by atoms with Crippen molar-refractivity contribution in [3.8, 4) is 0 Å². The Kier molecular flexibility index (Phi) is 6.68. The third-order valence-corrected chi connectivity index (χ3v) is 8.02. The fraction of sp³-hybridized carbons (Fsp3) is 0.391. The van der Waals surface area contributed by atoms with E-state index in [1.54, 1.807) is 0 Å². The summed E-state index contributed by atoms with van der Waals surface area (Å²) in [5.41, 5.74) is 9.50. The molecule has 1 saturated heterocycles. The van der Waals surface area contributed by atoms with Crippen LogP contribution < -0.4 is 11.1 Å². The molecule has 0 bridgehead atoms. The first-order valence-corrected chi connectivity index (χ1v) is 12.4. The molecule has 0 spiro atoms. The maximum Gasteiger partial charge on any atom is 0.281 e. The Morgan fingerprint density at radius 3 is 2.58 bits per heavy atom. The van der Waals surface area contributed by atoms with Gasteiger partial charge in [0.1, 0.15) is 0 Å². The van der Waals surface area contributed by atoms with Crippen LogP contribution in [0.1, 0.15) is 18.4 Å². The van der Waals surface area contributed by atoms with Crippen molar-refractivity contribution in [2.45, 2.75) is 25.8 Å². The van der Waals surface area contributed by atoms with Crippen LogP contribution in [-0.4, -0.2) is 59.7 Å². The minimum Gasteiger partial charge on any atom is -0.399 e. The summed E-state index contributed by atoms with van der Waals surface area (Å²) in [6, 6.07) is 15.6. The fourth-order valence-corrected chi connectivity index (χ4v) is 5.31. The topological polar surface area (TPSA) is 114 Å². The Morgan fingerprint density at radius 2 is 1.88 bits per heavy atom. The van der Waals surface area contributed by atoms with Crippen molar-refractivity contribution < 1.29 is 13.2 Å². The van der Waals surface area contributed by atoms with Crippen LogP contribution in [0, 0.1) is 5.92 Å². The number of fused-ring (bicyclic) bond motifs is 1. The maximum absolute atomic E-state index is 13.0. The molecule has 33 heavy (non-hydrogen) atoms. The Morgan fingerprint density at radius 1 is 1.15 bits per heavy atom. The van der Waals surface area contributed by atoms with Crippen molar-refractivity contribution in [3.05, 3.63) is 54.1 Å². The number of anilines is 2. The molecule has 1 fully saturated rings. The number of amides is 1. The zero-order valence-corrected chi connectivity index (χ0v) is 19.8. The smallest absolute Gasteiger partial charge is 0.281 e. The van der Waals surface area contributed by atoms with E-state index in [0.29, 0.717) is 38.4 Å². The molecule has 1 aliphatic heterocycles. The second kappa shape index (κ2) is 9.50. The van der Waals surface area contributed by atoms with E-state index in [9.17, 15) is 13.2 Å². The van der Waals surface area contributed by atoms with E-state index < -0.39 is 10.2 Å². The average molecular weight is 471 g/mol. The highest BCUT2D eigenvalue weighted by atomic mass is 32.2. The minimum atomic E-state index is -3.46. The predicted octanol–water partition coefficient (Wildman–Crippen LogP) is 2.32. The number of aromatic nitrogens is 2. The third-order valence-electron chi connectivity index (χ3n) is 6.08. The summed E-state index contributed by atoms with van der Waals surface area (Å²) in [5, 5.41) is 3.00. The van der Waals surface area contributed by atoms with Gasteiger partial charge >= 0.3 is 0 Å². The van der Waals surface area contributed by atoms with Crippen LogP contribution in [0.5, 0.6) is 0 Å². The van der Waals surface area contributed by atoms with E-state index in [0.717, 1.165) is 28.7 Å². The second-order valence-electron chi connectivity index (χ2n) is 8.52. The molecule has 3 N–H and O–H groups in total. The highest BCUT2D eigenvalue weighted by molar-refractivity contribution is 7.86. The number of nitrogen functional groups attached to an aromatic ring is 1. The number of para-hydroxylation sites is 2. The summed E-state index contributed by atoms with van der Waals surface area (Å²) >= 11 is 0. The zero-order valence-electron chi connectivity index (χ0n) is 18.9. The van der Waals surface area contributed by atoms with Crippen LogP contribution >= 0.6 is 0 Å². The summed E-state index contributed by atoms with van der Waals surface area (Å²) in [4.78, 5) is 17.7. The highest BCUT2D eigenvalue weighted by Crippen LogP contribution is 2.25. The fourth-order valence-electron chi connectivity index (χ4n) is 4.18. The van der Waals surface area contributed by atoms with Crippen molar-refractivity contribution in [3.63, 3.8) is 0 Å². The molecule has 0 aliphatic carbocycles. The molecular weight excluding hydrogens is 440 g/mol. The number of benzene rings is 2. The molecule has 0 radical (unpaired) electrons. The number of piperidine rings is 1. The first-order valence-electron chi connectivity index (χ1n) is 11.0.